The van der Waals surface area contributed by atoms with Crippen LogP contribution in [0, 0.1) is 5.41 Å². The van der Waals surface area contributed by atoms with E-state index in [-0.39, 0.29) is 11.7 Å². The molecule has 0 aliphatic carbocycles. The number of amides is 1. The van der Waals surface area contributed by atoms with E-state index in [1.54, 1.807) is 6.07 Å². The maximum atomic E-state index is 12.5. The van der Waals surface area contributed by atoms with Crippen LogP contribution in [0.1, 0.15) is 42.6 Å². The van der Waals surface area contributed by atoms with E-state index in [4.69, 9.17) is 5.73 Å². The van der Waals surface area contributed by atoms with Crippen LogP contribution in [-0.2, 0) is 11.2 Å². The first-order valence-corrected chi connectivity index (χ1v) is 6.62. The van der Waals surface area contributed by atoms with Gasteiger partial charge in [0.25, 0.3) is 0 Å². The molecule has 0 bridgehead atoms. The van der Waals surface area contributed by atoms with Gasteiger partial charge in [-0.15, -0.1) is 0 Å². The summed E-state index contributed by atoms with van der Waals surface area (Å²) in [4.78, 5) is 23.8. The van der Waals surface area contributed by atoms with E-state index >= 15 is 0 Å². The van der Waals surface area contributed by atoms with Crippen molar-refractivity contribution >= 4 is 17.4 Å². The molecule has 102 valence electrons. The molecule has 0 saturated carbocycles. The van der Waals surface area contributed by atoms with Gasteiger partial charge < -0.3 is 11.1 Å². The molecule has 0 saturated heterocycles. The highest BCUT2D eigenvalue weighted by atomic mass is 16.1. The molecule has 19 heavy (non-hydrogen) atoms. The molecule has 4 heteroatoms. The minimum Gasteiger partial charge on any atom is -0.330 e. The van der Waals surface area contributed by atoms with E-state index in [1.807, 2.05) is 26.0 Å². The highest BCUT2D eigenvalue weighted by Gasteiger charge is 2.28. The average Bonchev–Trinajstić information content (AvgIpc) is 2.37. The number of rotatable bonds is 4. The van der Waals surface area contributed by atoms with Crippen LogP contribution in [0.5, 0.6) is 0 Å². The molecular formula is C15H20N2O2. The number of ketones is 1. The Bertz CT molecular complexity index is 521. The number of fused-ring (bicyclic) bond motifs is 1. The first kappa shape index (κ1) is 13.7. The summed E-state index contributed by atoms with van der Waals surface area (Å²) >= 11 is 0. The Kier molecular flexibility index (Phi) is 3.71. The van der Waals surface area contributed by atoms with Gasteiger partial charge in [0.15, 0.2) is 5.78 Å². The summed E-state index contributed by atoms with van der Waals surface area (Å²) in [5.74, 6) is 0.146. The van der Waals surface area contributed by atoms with Crippen LogP contribution < -0.4 is 11.1 Å². The normalized spacial score (nSPS) is 14.8. The molecule has 1 aromatic carbocycles. The van der Waals surface area contributed by atoms with Gasteiger partial charge in [0.2, 0.25) is 5.91 Å². The number of benzene rings is 1. The standard InChI is InChI=1S/C15H20N2O2/c1-15(2,7-8-16)14(19)11-3-5-12-10(9-11)4-6-13(18)17-12/h3,5,9H,4,6-8,16H2,1-2H3,(H,17,18). The van der Waals surface area contributed by atoms with Gasteiger partial charge >= 0.3 is 0 Å². The highest BCUT2D eigenvalue weighted by Crippen LogP contribution is 2.29. The number of Topliss-reactive ketones (excluding diaryl/α,β-unsaturated/α-hetero) is 1. The lowest BCUT2D eigenvalue weighted by Gasteiger charge is -2.24. The topological polar surface area (TPSA) is 72.2 Å². The first-order valence-electron chi connectivity index (χ1n) is 6.62. The fraction of sp³-hybridized carbons (Fsp3) is 0.467. The van der Waals surface area contributed by atoms with Crippen LogP contribution in [0.25, 0.3) is 0 Å². The van der Waals surface area contributed by atoms with E-state index in [2.05, 4.69) is 5.32 Å². The largest absolute Gasteiger partial charge is 0.330 e. The maximum absolute atomic E-state index is 12.5. The van der Waals surface area contributed by atoms with Crippen molar-refractivity contribution in [1.82, 2.24) is 0 Å². The third-order valence-corrected chi connectivity index (χ3v) is 3.65. The smallest absolute Gasteiger partial charge is 0.224 e. The summed E-state index contributed by atoms with van der Waals surface area (Å²) in [5.41, 5.74) is 7.68. The molecule has 0 radical (unpaired) electrons. The Hall–Kier alpha value is -1.68. The predicted octanol–water partition coefficient (Wildman–Crippen LogP) is 2.13. The number of nitrogens with one attached hydrogen (secondary N) is 1. The monoisotopic (exact) mass is 260 g/mol. The van der Waals surface area contributed by atoms with Gasteiger partial charge in [0, 0.05) is 23.1 Å². The molecule has 1 aliphatic heterocycles. The molecule has 1 amide bonds. The molecular weight excluding hydrogens is 240 g/mol. The third-order valence-electron chi connectivity index (χ3n) is 3.65. The molecule has 0 aromatic heterocycles. The van der Waals surface area contributed by atoms with Gasteiger partial charge in [0.1, 0.15) is 0 Å². The molecule has 1 aromatic rings. The van der Waals surface area contributed by atoms with Gasteiger partial charge in [-0.3, -0.25) is 9.59 Å². The van der Waals surface area contributed by atoms with Crippen LogP contribution in [0.3, 0.4) is 0 Å². The molecule has 0 fully saturated rings. The fourth-order valence-corrected chi connectivity index (χ4v) is 2.39. The molecule has 0 unspecified atom stereocenters. The number of hydrogen-bond acceptors (Lipinski definition) is 3. The molecule has 3 N–H and O–H groups in total. The number of anilines is 1. The Balaban J connectivity index is 2.27. The summed E-state index contributed by atoms with van der Waals surface area (Å²) in [6.45, 7) is 4.34. The van der Waals surface area contributed by atoms with Gasteiger partial charge in [0.05, 0.1) is 0 Å². The second-order valence-corrected chi connectivity index (χ2v) is 5.67. The van der Waals surface area contributed by atoms with Crippen molar-refractivity contribution in [2.24, 2.45) is 11.1 Å². The van der Waals surface area contributed by atoms with Crippen molar-refractivity contribution < 1.29 is 9.59 Å². The lowest BCUT2D eigenvalue weighted by atomic mass is 9.80. The van der Waals surface area contributed by atoms with Gasteiger partial charge in [-0.25, -0.2) is 0 Å². The number of carbonyl (C=O) groups excluding carboxylic acids is 2. The molecule has 1 heterocycles. The Labute approximate surface area is 113 Å². The summed E-state index contributed by atoms with van der Waals surface area (Å²) < 4.78 is 0. The van der Waals surface area contributed by atoms with E-state index in [0.29, 0.717) is 31.4 Å². The second kappa shape index (κ2) is 5.13. The summed E-state index contributed by atoms with van der Waals surface area (Å²) in [6.07, 6.45) is 1.84. The van der Waals surface area contributed by atoms with Gasteiger partial charge in [-0.1, -0.05) is 13.8 Å². The zero-order chi connectivity index (χ0) is 14.0. The van der Waals surface area contributed by atoms with Gasteiger partial charge in [-0.05, 0) is 43.1 Å². The summed E-state index contributed by atoms with van der Waals surface area (Å²) in [5, 5.41) is 2.82. The summed E-state index contributed by atoms with van der Waals surface area (Å²) in [6, 6.07) is 5.50. The van der Waals surface area contributed by atoms with Crippen molar-refractivity contribution in [2.75, 3.05) is 11.9 Å². The molecule has 4 nitrogen and oxygen atoms in total. The third kappa shape index (κ3) is 2.84. The van der Waals surface area contributed by atoms with Gasteiger partial charge in [-0.2, -0.15) is 0 Å². The molecule has 0 atom stereocenters. The van der Waals surface area contributed by atoms with E-state index in [0.717, 1.165) is 11.3 Å². The SMILES string of the molecule is CC(C)(CCN)C(=O)c1ccc2c(c1)CCC(=O)N2. The Morgan fingerprint density at radius 1 is 1.37 bits per heavy atom. The molecule has 1 aliphatic rings. The first-order chi connectivity index (χ1) is 8.94. The van der Waals surface area contributed by atoms with E-state index in [1.165, 1.54) is 0 Å². The van der Waals surface area contributed by atoms with Crippen molar-refractivity contribution in [2.45, 2.75) is 33.1 Å². The summed E-state index contributed by atoms with van der Waals surface area (Å²) in [7, 11) is 0. The number of nitrogens with two attached hydrogens (primary N) is 1. The van der Waals surface area contributed by atoms with E-state index < -0.39 is 5.41 Å². The highest BCUT2D eigenvalue weighted by molar-refractivity contribution is 6.01. The lowest BCUT2D eigenvalue weighted by Crippen LogP contribution is -2.28. The quantitative estimate of drug-likeness (QED) is 0.815. The van der Waals surface area contributed by atoms with Crippen LogP contribution in [-0.4, -0.2) is 18.2 Å². The zero-order valence-corrected chi connectivity index (χ0v) is 11.5. The maximum Gasteiger partial charge on any atom is 0.224 e. The van der Waals surface area contributed by atoms with Crippen LogP contribution >= 0.6 is 0 Å². The van der Waals surface area contributed by atoms with Crippen molar-refractivity contribution in [3.63, 3.8) is 0 Å². The van der Waals surface area contributed by atoms with Crippen molar-refractivity contribution in [3.8, 4) is 0 Å². The minimum atomic E-state index is -0.444. The van der Waals surface area contributed by atoms with E-state index in [9.17, 15) is 9.59 Å². The minimum absolute atomic E-state index is 0.0371. The molecule has 0 spiro atoms. The number of carbonyl (C=O) groups is 2. The second-order valence-electron chi connectivity index (χ2n) is 5.67. The fourth-order valence-electron chi connectivity index (χ4n) is 2.39. The molecule has 2 rings (SSSR count). The number of hydrogen-bond donors (Lipinski definition) is 2. The van der Waals surface area contributed by atoms with Crippen LogP contribution in [0.4, 0.5) is 5.69 Å². The Morgan fingerprint density at radius 3 is 2.79 bits per heavy atom. The zero-order valence-electron chi connectivity index (χ0n) is 11.5. The average molecular weight is 260 g/mol. The Morgan fingerprint density at radius 2 is 2.11 bits per heavy atom. The van der Waals surface area contributed by atoms with Crippen molar-refractivity contribution in [3.05, 3.63) is 29.3 Å². The lowest BCUT2D eigenvalue weighted by molar-refractivity contribution is -0.116. The van der Waals surface area contributed by atoms with Crippen LogP contribution in [0.15, 0.2) is 18.2 Å². The van der Waals surface area contributed by atoms with Crippen molar-refractivity contribution in [1.29, 1.82) is 0 Å². The predicted molar refractivity (Wildman–Crippen MR) is 75.2 cm³/mol. The van der Waals surface area contributed by atoms with Crippen LogP contribution in [0.2, 0.25) is 0 Å². The number of aryl methyl sites for hydroxylation is 1.